The number of hydrogen-bond donors (Lipinski definition) is 2. The highest BCUT2D eigenvalue weighted by Crippen LogP contribution is 2.30. The molecule has 13 heteroatoms. The van der Waals surface area contributed by atoms with E-state index in [1.165, 1.54) is 28.9 Å². The van der Waals surface area contributed by atoms with Gasteiger partial charge in [0.15, 0.2) is 5.69 Å². The average molecular weight is 731 g/mol. The van der Waals surface area contributed by atoms with Crippen LogP contribution < -0.4 is 10.0 Å². The number of rotatable bonds is 12. The van der Waals surface area contributed by atoms with Crippen molar-refractivity contribution in [1.29, 1.82) is 0 Å². The van der Waals surface area contributed by atoms with E-state index in [9.17, 15) is 22.8 Å². The summed E-state index contributed by atoms with van der Waals surface area (Å²) >= 11 is 6.79. The van der Waals surface area contributed by atoms with Gasteiger partial charge in [-0.15, -0.1) is 0 Å². The second kappa shape index (κ2) is 15.3. The highest BCUT2D eigenvalue weighted by molar-refractivity contribution is 7.90. The molecule has 0 unspecified atom stereocenters. The predicted octanol–water partition coefficient (Wildman–Crippen LogP) is 6.16. The van der Waals surface area contributed by atoms with E-state index in [-0.39, 0.29) is 38.6 Å². The molecule has 6 rings (SSSR count). The van der Waals surface area contributed by atoms with E-state index in [1.54, 1.807) is 28.9 Å². The van der Waals surface area contributed by atoms with Gasteiger partial charge in [-0.1, -0.05) is 68.6 Å². The van der Waals surface area contributed by atoms with Gasteiger partial charge in [-0.2, -0.15) is 5.10 Å². The number of nitrogens with zero attached hydrogens (tertiary/aromatic N) is 4. The van der Waals surface area contributed by atoms with Crippen LogP contribution >= 0.6 is 11.6 Å². The van der Waals surface area contributed by atoms with Crippen molar-refractivity contribution in [3.05, 3.63) is 105 Å². The smallest absolute Gasteiger partial charge is 0.275 e. The third kappa shape index (κ3) is 7.52. The number of sulfonamides is 1. The highest BCUT2D eigenvalue weighted by Gasteiger charge is 2.30. The van der Waals surface area contributed by atoms with Crippen molar-refractivity contribution < 1.29 is 22.8 Å². The van der Waals surface area contributed by atoms with E-state index in [1.807, 2.05) is 24.3 Å². The molecule has 3 amide bonds. The van der Waals surface area contributed by atoms with E-state index in [2.05, 4.69) is 29.0 Å². The molecule has 11 nitrogen and oxygen atoms in total. The zero-order valence-corrected chi connectivity index (χ0v) is 30.7. The van der Waals surface area contributed by atoms with Gasteiger partial charge >= 0.3 is 0 Å². The number of hydrogen-bond acceptors (Lipinski definition) is 7. The summed E-state index contributed by atoms with van der Waals surface area (Å²) in [5.41, 5.74) is 4.86. The minimum atomic E-state index is -4.23. The topological polar surface area (TPSA) is 134 Å². The Bertz CT molecular complexity index is 2090. The number of anilines is 1. The molecule has 0 atom stereocenters. The highest BCUT2D eigenvalue weighted by atomic mass is 35.5. The minimum absolute atomic E-state index is 0.0279. The number of unbranched alkanes of at least 4 members (excludes halogenated alkanes) is 2. The molecule has 2 aliphatic heterocycles. The standard InChI is InChI=1S/C38H43ClN6O5S/c1-4-6-19-43(20-7-5-2)38(48)35-34(39)25(3)45(41-35)33-15-13-28(22-31(33)37(47)44-21-17-26-10-8-9-11-29(26)24-44)36(46)42-51(49,50)30-14-12-27-16-18-40-32(27)23-30/h8-15,22-23,40H,4-7,16-21,24H2,1-3H3,(H,42,46). The Morgan fingerprint density at radius 3 is 2.39 bits per heavy atom. The molecule has 51 heavy (non-hydrogen) atoms. The quantitative estimate of drug-likeness (QED) is 0.178. The zero-order valence-electron chi connectivity index (χ0n) is 29.2. The molecule has 268 valence electrons. The summed E-state index contributed by atoms with van der Waals surface area (Å²) in [6.45, 7) is 8.52. The lowest BCUT2D eigenvalue weighted by atomic mass is 9.98. The van der Waals surface area contributed by atoms with Gasteiger partial charge in [0.2, 0.25) is 0 Å². The summed E-state index contributed by atoms with van der Waals surface area (Å²) in [5.74, 6) is -1.54. The fraction of sp³-hybridized carbons (Fsp3) is 0.368. The summed E-state index contributed by atoms with van der Waals surface area (Å²) < 4.78 is 30.3. The maximum Gasteiger partial charge on any atom is 0.275 e. The molecule has 4 aromatic rings. The Labute approximate surface area is 304 Å². The van der Waals surface area contributed by atoms with Gasteiger partial charge in [0.05, 0.1) is 26.9 Å². The molecule has 0 radical (unpaired) electrons. The lowest BCUT2D eigenvalue weighted by Crippen LogP contribution is -2.37. The summed E-state index contributed by atoms with van der Waals surface area (Å²) in [6.07, 6.45) is 4.98. The first-order valence-electron chi connectivity index (χ1n) is 17.5. The van der Waals surface area contributed by atoms with Crippen molar-refractivity contribution in [2.45, 2.75) is 70.7 Å². The Kier molecular flexibility index (Phi) is 10.8. The fourth-order valence-electron chi connectivity index (χ4n) is 6.57. The zero-order chi connectivity index (χ0) is 36.3. The first kappa shape index (κ1) is 36.1. The number of nitrogens with one attached hydrogen (secondary N) is 2. The van der Waals surface area contributed by atoms with Gasteiger partial charge in [-0.3, -0.25) is 14.4 Å². The number of carbonyl (C=O) groups is 3. The second-order valence-corrected chi connectivity index (χ2v) is 15.1. The molecule has 2 N–H and O–H groups in total. The number of amides is 3. The van der Waals surface area contributed by atoms with Crippen molar-refractivity contribution in [3.63, 3.8) is 0 Å². The Morgan fingerprint density at radius 2 is 1.67 bits per heavy atom. The van der Waals surface area contributed by atoms with Crippen LogP contribution in [0.2, 0.25) is 5.02 Å². The summed E-state index contributed by atoms with van der Waals surface area (Å²) in [7, 11) is -4.23. The van der Waals surface area contributed by atoms with Crippen molar-refractivity contribution in [1.82, 2.24) is 24.3 Å². The largest absolute Gasteiger partial charge is 0.384 e. The molecule has 3 aromatic carbocycles. The summed E-state index contributed by atoms with van der Waals surface area (Å²) in [4.78, 5) is 45.2. The predicted molar refractivity (Wildman–Crippen MR) is 197 cm³/mol. The number of halogens is 1. The maximum absolute atomic E-state index is 14.4. The molecular weight excluding hydrogens is 688 g/mol. The monoisotopic (exact) mass is 730 g/mol. The molecule has 1 aromatic heterocycles. The number of carbonyl (C=O) groups excluding carboxylic acids is 3. The van der Waals surface area contributed by atoms with Gasteiger partial charge in [0, 0.05) is 44.0 Å². The lowest BCUT2D eigenvalue weighted by molar-refractivity contribution is 0.0732. The van der Waals surface area contributed by atoms with E-state index < -0.39 is 15.9 Å². The number of benzene rings is 3. The number of fused-ring (bicyclic) bond motifs is 2. The molecule has 0 spiro atoms. The molecule has 2 aliphatic rings. The Hall–Kier alpha value is -4.68. The fourth-order valence-corrected chi connectivity index (χ4v) is 7.77. The molecule has 0 aliphatic carbocycles. The third-order valence-electron chi connectivity index (χ3n) is 9.56. The summed E-state index contributed by atoms with van der Waals surface area (Å²) in [5, 5.41) is 8.00. The van der Waals surface area contributed by atoms with Gasteiger partial charge in [0.25, 0.3) is 27.7 Å². The molecule has 0 saturated heterocycles. The van der Waals surface area contributed by atoms with Crippen LogP contribution in [0.5, 0.6) is 0 Å². The van der Waals surface area contributed by atoms with Crippen molar-refractivity contribution in [2.24, 2.45) is 0 Å². The van der Waals surface area contributed by atoms with E-state index in [0.717, 1.165) is 54.5 Å². The molecule has 0 bridgehead atoms. The normalized spacial score (nSPS) is 13.7. The number of aromatic nitrogens is 2. The SMILES string of the molecule is CCCCN(CCCC)C(=O)c1nn(-c2ccc(C(=O)NS(=O)(=O)c3ccc4c(c3)NCC4)cc2C(=O)N2CCc3ccccc3C2)c(C)c1Cl. The Balaban J connectivity index is 1.37. The average Bonchev–Trinajstić information content (AvgIpc) is 3.73. The van der Waals surface area contributed by atoms with Crippen LogP contribution in [0.4, 0.5) is 5.69 Å². The minimum Gasteiger partial charge on any atom is -0.384 e. The van der Waals surface area contributed by atoms with Crippen LogP contribution in [0.15, 0.2) is 65.6 Å². The van der Waals surface area contributed by atoms with Crippen LogP contribution in [0.1, 0.15) is 93.1 Å². The van der Waals surface area contributed by atoms with Crippen LogP contribution in [0, 0.1) is 6.92 Å². The Morgan fingerprint density at radius 1 is 0.941 bits per heavy atom. The van der Waals surface area contributed by atoms with E-state index in [4.69, 9.17) is 11.6 Å². The molecule has 0 saturated carbocycles. The van der Waals surface area contributed by atoms with Crippen LogP contribution in [0.25, 0.3) is 5.69 Å². The molecule has 0 fully saturated rings. The van der Waals surface area contributed by atoms with Gasteiger partial charge < -0.3 is 15.1 Å². The first-order valence-corrected chi connectivity index (χ1v) is 19.4. The van der Waals surface area contributed by atoms with Crippen LogP contribution in [-0.2, 0) is 29.4 Å². The second-order valence-electron chi connectivity index (χ2n) is 13.1. The third-order valence-corrected chi connectivity index (χ3v) is 11.3. The first-order chi connectivity index (χ1) is 24.5. The van der Waals surface area contributed by atoms with Gasteiger partial charge in [-0.05, 0) is 79.6 Å². The summed E-state index contributed by atoms with van der Waals surface area (Å²) in [6, 6.07) is 17.0. The van der Waals surface area contributed by atoms with Gasteiger partial charge in [-0.25, -0.2) is 17.8 Å². The van der Waals surface area contributed by atoms with Crippen molar-refractivity contribution in [2.75, 3.05) is 31.5 Å². The van der Waals surface area contributed by atoms with E-state index >= 15 is 0 Å². The van der Waals surface area contributed by atoms with E-state index in [0.29, 0.717) is 50.5 Å². The lowest BCUT2D eigenvalue weighted by Gasteiger charge is -2.29. The van der Waals surface area contributed by atoms with Crippen LogP contribution in [-0.4, -0.2) is 71.9 Å². The molecule has 3 heterocycles. The van der Waals surface area contributed by atoms with Crippen molar-refractivity contribution >= 4 is 45.0 Å². The molecular formula is C38H43ClN6O5S. The maximum atomic E-state index is 14.4. The van der Waals surface area contributed by atoms with Crippen LogP contribution in [0.3, 0.4) is 0 Å². The van der Waals surface area contributed by atoms with Gasteiger partial charge in [0.1, 0.15) is 0 Å². The van der Waals surface area contributed by atoms with Crippen molar-refractivity contribution in [3.8, 4) is 5.69 Å².